The molecule has 0 aliphatic heterocycles. The van der Waals surface area contributed by atoms with Gasteiger partial charge in [0, 0.05) is 11.1 Å². The van der Waals surface area contributed by atoms with Crippen molar-refractivity contribution in [3.63, 3.8) is 0 Å². The molecule has 7 heteroatoms. The molecule has 1 aromatic rings. The quantitative estimate of drug-likeness (QED) is 0.745. The van der Waals surface area contributed by atoms with E-state index >= 15 is 0 Å². The van der Waals surface area contributed by atoms with E-state index in [0.717, 1.165) is 35.6 Å². The molecule has 6 nitrogen and oxygen atoms in total. The number of carbonyl (C=O) groups is 2. The van der Waals surface area contributed by atoms with Crippen molar-refractivity contribution in [2.24, 2.45) is 0 Å². The number of hydrogen-bond donors (Lipinski definition) is 3. The van der Waals surface area contributed by atoms with Gasteiger partial charge in [-0.05, 0) is 19.8 Å². The summed E-state index contributed by atoms with van der Waals surface area (Å²) in [6, 6.07) is -0.438. The number of aliphatic carboxylic acids is 1. The molecule has 21 heavy (non-hydrogen) atoms. The van der Waals surface area contributed by atoms with E-state index in [1.54, 1.807) is 6.20 Å². The molecular formula is C14H21N3O3S. The Labute approximate surface area is 128 Å². The van der Waals surface area contributed by atoms with Gasteiger partial charge in [0.15, 0.2) is 0 Å². The van der Waals surface area contributed by atoms with Crippen LogP contribution in [0.3, 0.4) is 0 Å². The van der Waals surface area contributed by atoms with Gasteiger partial charge in [-0.2, -0.15) is 0 Å². The van der Waals surface area contributed by atoms with Crippen LogP contribution in [0.15, 0.2) is 6.20 Å². The molecule has 1 fully saturated rings. The zero-order valence-electron chi connectivity index (χ0n) is 12.1. The second-order valence-corrected chi connectivity index (χ2v) is 6.79. The van der Waals surface area contributed by atoms with Crippen molar-refractivity contribution in [1.82, 2.24) is 15.6 Å². The van der Waals surface area contributed by atoms with Crippen molar-refractivity contribution < 1.29 is 14.7 Å². The number of nitrogens with zero attached hydrogens (tertiary/aromatic N) is 1. The number of thiazole rings is 1. The molecule has 0 aromatic carbocycles. The number of carbonyl (C=O) groups excluding carboxylic acids is 1. The molecule has 1 aromatic heterocycles. The zero-order chi connectivity index (χ0) is 15.3. The Morgan fingerprint density at radius 3 is 2.52 bits per heavy atom. The minimum absolute atomic E-state index is 0.319. The van der Waals surface area contributed by atoms with Crippen molar-refractivity contribution in [1.29, 1.82) is 0 Å². The highest BCUT2D eigenvalue weighted by Crippen LogP contribution is 2.27. The van der Waals surface area contributed by atoms with Crippen LogP contribution in [0.1, 0.15) is 48.4 Å². The minimum Gasteiger partial charge on any atom is -0.480 e. The summed E-state index contributed by atoms with van der Waals surface area (Å²) in [5, 5.41) is 15.7. The highest BCUT2D eigenvalue weighted by atomic mass is 32.1. The van der Waals surface area contributed by atoms with Gasteiger partial charge in [0.05, 0.1) is 6.54 Å². The molecule has 0 atom stereocenters. The Bertz CT molecular complexity index is 507. The summed E-state index contributed by atoms with van der Waals surface area (Å²) in [5.74, 6) is -0.940. The van der Waals surface area contributed by atoms with Crippen LogP contribution in [0.5, 0.6) is 0 Å². The van der Waals surface area contributed by atoms with E-state index in [-0.39, 0.29) is 0 Å². The van der Waals surface area contributed by atoms with Gasteiger partial charge in [0.1, 0.15) is 10.5 Å². The first-order valence-corrected chi connectivity index (χ1v) is 8.04. The smallest absolute Gasteiger partial charge is 0.329 e. The lowest BCUT2D eigenvalue weighted by Gasteiger charge is -2.29. The number of rotatable bonds is 4. The minimum atomic E-state index is -1.13. The van der Waals surface area contributed by atoms with Gasteiger partial charge in [0.25, 0.3) is 0 Å². The number of carboxylic acid groups (broad SMARTS) is 1. The SMILES string of the molecule is Cc1cnc(CNC(=O)NC2(C(=O)O)CCCCCC2)s1. The zero-order valence-corrected chi connectivity index (χ0v) is 13.0. The summed E-state index contributed by atoms with van der Waals surface area (Å²) in [5.41, 5.74) is -1.13. The number of urea groups is 1. The highest BCUT2D eigenvalue weighted by molar-refractivity contribution is 7.11. The fraction of sp³-hybridized carbons (Fsp3) is 0.643. The average molecular weight is 311 g/mol. The number of amides is 2. The van der Waals surface area contributed by atoms with Crippen molar-refractivity contribution in [2.75, 3.05) is 0 Å². The summed E-state index contributed by atoms with van der Waals surface area (Å²) < 4.78 is 0. The van der Waals surface area contributed by atoms with Gasteiger partial charge in [-0.25, -0.2) is 14.6 Å². The summed E-state index contributed by atoms with van der Waals surface area (Å²) in [6.45, 7) is 2.27. The predicted octanol–water partition coefficient (Wildman–Crippen LogP) is 2.43. The lowest BCUT2D eigenvalue weighted by molar-refractivity contribution is -0.145. The molecule has 1 aliphatic rings. The lowest BCUT2D eigenvalue weighted by Crippen LogP contribution is -2.56. The van der Waals surface area contributed by atoms with E-state index < -0.39 is 17.5 Å². The van der Waals surface area contributed by atoms with Crippen LogP contribution >= 0.6 is 11.3 Å². The van der Waals surface area contributed by atoms with Crippen molar-refractivity contribution in [3.8, 4) is 0 Å². The van der Waals surface area contributed by atoms with Crippen LogP contribution in [-0.2, 0) is 11.3 Å². The van der Waals surface area contributed by atoms with Gasteiger partial charge in [-0.15, -0.1) is 11.3 Å². The average Bonchev–Trinajstić information content (AvgIpc) is 2.71. The number of hydrogen-bond acceptors (Lipinski definition) is 4. The Morgan fingerprint density at radius 2 is 2.00 bits per heavy atom. The van der Waals surface area contributed by atoms with Gasteiger partial charge in [0.2, 0.25) is 0 Å². The van der Waals surface area contributed by atoms with E-state index in [2.05, 4.69) is 15.6 Å². The van der Waals surface area contributed by atoms with Crippen LogP contribution in [0.2, 0.25) is 0 Å². The normalized spacial score (nSPS) is 17.8. The second-order valence-electron chi connectivity index (χ2n) is 5.47. The molecule has 1 saturated carbocycles. The van der Waals surface area contributed by atoms with E-state index in [9.17, 15) is 14.7 Å². The van der Waals surface area contributed by atoms with Crippen molar-refractivity contribution in [2.45, 2.75) is 57.5 Å². The lowest BCUT2D eigenvalue weighted by atomic mass is 9.90. The summed E-state index contributed by atoms with van der Waals surface area (Å²) >= 11 is 1.51. The molecule has 0 spiro atoms. The Kier molecular flexibility index (Phi) is 5.17. The maximum absolute atomic E-state index is 12.0. The fourth-order valence-electron chi connectivity index (χ4n) is 2.63. The predicted molar refractivity (Wildman–Crippen MR) is 80.3 cm³/mol. The molecule has 1 heterocycles. The summed E-state index contributed by atoms with van der Waals surface area (Å²) in [6.07, 6.45) is 6.45. The first-order valence-electron chi connectivity index (χ1n) is 7.22. The monoisotopic (exact) mass is 311 g/mol. The first-order chi connectivity index (χ1) is 10.0. The fourth-order valence-corrected chi connectivity index (χ4v) is 3.35. The molecule has 2 rings (SSSR count). The van der Waals surface area contributed by atoms with E-state index in [1.165, 1.54) is 11.3 Å². The molecule has 0 bridgehead atoms. The number of aromatic nitrogens is 1. The van der Waals surface area contributed by atoms with Gasteiger partial charge in [-0.1, -0.05) is 25.7 Å². The third-order valence-electron chi connectivity index (χ3n) is 3.79. The molecular weight excluding hydrogens is 290 g/mol. The van der Waals surface area contributed by atoms with Gasteiger partial charge in [-0.3, -0.25) is 0 Å². The van der Waals surface area contributed by atoms with Crippen LogP contribution in [0, 0.1) is 6.92 Å². The Balaban J connectivity index is 1.93. The van der Waals surface area contributed by atoms with Crippen LogP contribution in [0.25, 0.3) is 0 Å². The number of carboxylic acids is 1. The molecule has 1 aliphatic carbocycles. The molecule has 0 saturated heterocycles. The molecule has 3 N–H and O–H groups in total. The second kappa shape index (κ2) is 6.89. The van der Waals surface area contributed by atoms with Crippen LogP contribution in [0.4, 0.5) is 4.79 Å². The summed E-state index contributed by atoms with van der Waals surface area (Å²) in [7, 11) is 0. The number of nitrogens with one attached hydrogen (secondary N) is 2. The molecule has 2 amide bonds. The number of aryl methyl sites for hydroxylation is 1. The van der Waals surface area contributed by atoms with Gasteiger partial charge >= 0.3 is 12.0 Å². The highest BCUT2D eigenvalue weighted by Gasteiger charge is 2.40. The van der Waals surface area contributed by atoms with Crippen LogP contribution < -0.4 is 10.6 Å². The molecule has 116 valence electrons. The van der Waals surface area contributed by atoms with Crippen molar-refractivity contribution >= 4 is 23.3 Å². The van der Waals surface area contributed by atoms with Gasteiger partial charge < -0.3 is 15.7 Å². The van der Waals surface area contributed by atoms with E-state index in [1.807, 2.05) is 6.92 Å². The van der Waals surface area contributed by atoms with E-state index in [0.29, 0.717) is 19.4 Å². The standard InChI is InChI=1S/C14H21N3O3S/c1-10-8-15-11(21-10)9-16-13(20)17-14(12(18)19)6-4-2-3-5-7-14/h8H,2-7,9H2,1H3,(H,18,19)(H2,16,17,20). The maximum atomic E-state index is 12.0. The Hall–Kier alpha value is -1.63. The largest absolute Gasteiger partial charge is 0.480 e. The Morgan fingerprint density at radius 1 is 1.33 bits per heavy atom. The third-order valence-corrected chi connectivity index (χ3v) is 4.70. The third kappa shape index (κ3) is 4.17. The topological polar surface area (TPSA) is 91.3 Å². The molecule has 0 radical (unpaired) electrons. The van der Waals surface area contributed by atoms with E-state index in [4.69, 9.17) is 0 Å². The van der Waals surface area contributed by atoms with Crippen LogP contribution in [-0.4, -0.2) is 27.6 Å². The first kappa shape index (κ1) is 15.8. The summed E-state index contributed by atoms with van der Waals surface area (Å²) in [4.78, 5) is 28.8. The van der Waals surface area contributed by atoms with Crippen molar-refractivity contribution in [3.05, 3.63) is 16.1 Å². The molecule has 0 unspecified atom stereocenters. The maximum Gasteiger partial charge on any atom is 0.329 e.